The number of hydrogen-bond donors (Lipinski definition) is 2. The molecule has 1 aromatic carbocycles. The molecule has 0 bridgehead atoms. The lowest BCUT2D eigenvalue weighted by molar-refractivity contribution is -0.00539. The number of ether oxygens (including phenoxy) is 1. The van der Waals surface area contributed by atoms with Crippen LogP contribution in [0.2, 0.25) is 0 Å². The van der Waals surface area contributed by atoms with Gasteiger partial charge in [-0.05, 0) is 63.6 Å². The van der Waals surface area contributed by atoms with Gasteiger partial charge < -0.3 is 20.7 Å². The van der Waals surface area contributed by atoms with Crippen molar-refractivity contribution in [2.24, 2.45) is 11.7 Å². The molecule has 2 aliphatic rings. The fourth-order valence-corrected chi connectivity index (χ4v) is 3.90. The van der Waals surface area contributed by atoms with Crippen LogP contribution in [-0.4, -0.2) is 37.9 Å². The molecule has 4 nitrogen and oxygen atoms in total. The molecule has 2 atom stereocenters. The number of anilines is 2. The van der Waals surface area contributed by atoms with E-state index < -0.39 is 0 Å². The van der Waals surface area contributed by atoms with Crippen molar-refractivity contribution in [1.82, 2.24) is 0 Å². The van der Waals surface area contributed by atoms with E-state index in [1.807, 2.05) is 26.0 Å². The predicted molar refractivity (Wildman–Crippen MR) is 97.0 cm³/mol. The molecule has 0 unspecified atom stereocenters. The van der Waals surface area contributed by atoms with Crippen molar-refractivity contribution in [3.63, 3.8) is 0 Å². The topological polar surface area (TPSA) is 50.5 Å². The van der Waals surface area contributed by atoms with Gasteiger partial charge >= 0.3 is 0 Å². The molecular formula is C19H30FN3O. The summed E-state index contributed by atoms with van der Waals surface area (Å²) in [6.45, 7) is 6.43. The summed E-state index contributed by atoms with van der Waals surface area (Å²) in [6, 6.07) is 5.86. The highest BCUT2D eigenvalue weighted by atomic mass is 19.1. The highest BCUT2D eigenvalue weighted by Crippen LogP contribution is 2.27. The first-order chi connectivity index (χ1) is 11.5. The summed E-state index contributed by atoms with van der Waals surface area (Å²) >= 11 is 0. The van der Waals surface area contributed by atoms with Gasteiger partial charge in [-0.3, -0.25) is 0 Å². The van der Waals surface area contributed by atoms with Crippen molar-refractivity contribution in [3.8, 4) is 0 Å². The monoisotopic (exact) mass is 335 g/mol. The second-order valence-corrected chi connectivity index (χ2v) is 7.49. The number of nitrogens with one attached hydrogen (secondary N) is 1. The Hall–Kier alpha value is -1.33. The van der Waals surface area contributed by atoms with Crippen LogP contribution in [0.15, 0.2) is 18.2 Å². The normalized spacial score (nSPS) is 31.1. The van der Waals surface area contributed by atoms with Crippen molar-refractivity contribution in [1.29, 1.82) is 0 Å². The molecule has 24 heavy (non-hydrogen) atoms. The number of hydrogen-bond acceptors (Lipinski definition) is 4. The summed E-state index contributed by atoms with van der Waals surface area (Å²) in [5.74, 6) is 0.487. The van der Waals surface area contributed by atoms with Crippen molar-refractivity contribution >= 4 is 11.4 Å². The molecule has 1 saturated heterocycles. The van der Waals surface area contributed by atoms with E-state index in [1.165, 1.54) is 0 Å². The second kappa shape index (κ2) is 7.70. The molecule has 1 aliphatic carbocycles. The van der Waals surface area contributed by atoms with E-state index in [4.69, 9.17) is 10.5 Å². The van der Waals surface area contributed by atoms with Gasteiger partial charge in [0.05, 0.1) is 17.9 Å². The maximum atomic E-state index is 14.6. The van der Waals surface area contributed by atoms with Gasteiger partial charge in [-0.15, -0.1) is 0 Å². The minimum atomic E-state index is -0.160. The maximum Gasteiger partial charge on any atom is 0.148 e. The van der Waals surface area contributed by atoms with Gasteiger partial charge in [0.2, 0.25) is 0 Å². The van der Waals surface area contributed by atoms with Crippen LogP contribution in [0, 0.1) is 11.7 Å². The van der Waals surface area contributed by atoms with Crippen LogP contribution in [0.5, 0.6) is 0 Å². The first-order valence-corrected chi connectivity index (χ1v) is 9.20. The first kappa shape index (κ1) is 17.5. The van der Waals surface area contributed by atoms with E-state index in [0.29, 0.717) is 17.6 Å². The molecule has 1 saturated carbocycles. The number of benzene rings is 1. The van der Waals surface area contributed by atoms with Crippen LogP contribution in [0.25, 0.3) is 0 Å². The Kier molecular flexibility index (Phi) is 5.61. The molecule has 2 fully saturated rings. The van der Waals surface area contributed by atoms with Gasteiger partial charge in [0.1, 0.15) is 5.82 Å². The first-order valence-electron chi connectivity index (χ1n) is 9.20. The molecule has 0 aromatic heterocycles. The fourth-order valence-electron chi connectivity index (χ4n) is 3.90. The van der Waals surface area contributed by atoms with E-state index in [0.717, 1.165) is 51.0 Å². The summed E-state index contributed by atoms with van der Waals surface area (Å²) in [5.41, 5.74) is 7.48. The molecular weight excluding hydrogens is 305 g/mol. The van der Waals surface area contributed by atoms with E-state index in [1.54, 1.807) is 6.07 Å². The van der Waals surface area contributed by atoms with Crippen LogP contribution in [0.3, 0.4) is 0 Å². The Morgan fingerprint density at radius 3 is 2.46 bits per heavy atom. The summed E-state index contributed by atoms with van der Waals surface area (Å²) in [7, 11) is 0. The van der Waals surface area contributed by atoms with Crippen molar-refractivity contribution in [2.75, 3.05) is 29.9 Å². The van der Waals surface area contributed by atoms with Gasteiger partial charge in [-0.1, -0.05) is 0 Å². The van der Waals surface area contributed by atoms with Crippen LogP contribution >= 0.6 is 0 Å². The van der Waals surface area contributed by atoms with Crippen LogP contribution in [0.1, 0.15) is 39.5 Å². The maximum absolute atomic E-state index is 14.6. The number of nitrogens with two attached hydrogens (primary N) is 1. The standard InChI is InChI=1S/C19H30FN3O/c1-13-11-23(12-14(2)24-13)19-8-7-17(9-18(19)20)22-10-15-3-5-16(21)6-4-15/h7-9,13-16,22H,3-6,10-12,21H2,1-2H3/t13-,14+,15-,16-. The quantitative estimate of drug-likeness (QED) is 0.886. The van der Waals surface area contributed by atoms with Crippen LogP contribution in [0.4, 0.5) is 15.8 Å². The summed E-state index contributed by atoms with van der Waals surface area (Å²) in [4.78, 5) is 2.08. The fraction of sp³-hybridized carbons (Fsp3) is 0.684. The molecule has 0 spiro atoms. The Bertz CT molecular complexity index is 535. The SMILES string of the molecule is C[C@@H]1CN(c2ccc(NC[C@H]3CC[C@H](N)CC3)cc2F)C[C@H](C)O1. The summed E-state index contributed by atoms with van der Waals surface area (Å²) < 4.78 is 20.3. The van der Waals surface area contributed by atoms with Gasteiger partial charge in [0.15, 0.2) is 0 Å². The lowest BCUT2D eigenvalue weighted by atomic mass is 9.86. The lowest BCUT2D eigenvalue weighted by Crippen LogP contribution is -2.45. The molecule has 3 rings (SSSR count). The Morgan fingerprint density at radius 1 is 1.17 bits per heavy atom. The number of nitrogens with zero attached hydrogens (tertiary/aromatic N) is 1. The van der Waals surface area contributed by atoms with E-state index >= 15 is 0 Å². The van der Waals surface area contributed by atoms with Gasteiger partial charge in [-0.25, -0.2) is 4.39 Å². The highest BCUT2D eigenvalue weighted by Gasteiger charge is 2.24. The lowest BCUT2D eigenvalue weighted by Gasteiger charge is -2.37. The largest absolute Gasteiger partial charge is 0.385 e. The average Bonchev–Trinajstić information content (AvgIpc) is 2.53. The van der Waals surface area contributed by atoms with Gasteiger partial charge in [0.25, 0.3) is 0 Å². The van der Waals surface area contributed by atoms with Crippen LogP contribution < -0.4 is 16.0 Å². The Labute approximate surface area is 144 Å². The molecule has 1 aromatic rings. The van der Waals surface area contributed by atoms with Gasteiger partial charge in [-0.2, -0.15) is 0 Å². The van der Waals surface area contributed by atoms with Crippen molar-refractivity contribution in [2.45, 2.75) is 57.8 Å². The van der Waals surface area contributed by atoms with Crippen LogP contribution in [-0.2, 0) is 4.74 Å². The van der Waals surface area contributed by atoms with Crippen molar-refractivity contribution in [3.05, 3.63) is 24.0 Å². The van der Waals surface area contributed by atoms with E-state index in [2.05, 4.69) is 10.2 Å². The third-order valence-corrected chi connectivity index (χ3v) is 5.19. The van der Waals surface area contributed by atoms with E-state index in [-0.39, 0.29) is 18.0 Å². The molecule has 1 heterocycles. The van der Waals surface area contributed by atoms with E-state index in [9.17, 15) is 4.39 Å². The summed E-state index contributed by atoms with van der Waals surface area (Å²) in [5, 5.41) is 3.39. The molecule has 1 aliphatic heterocycles. The van der Waals surface area contributed by atoms with Gasteiger partial charge in [0, 0.05) is 31.4 Å². The molecule has 5 heteroatoms. The highest BCUT2D eigenvalue weighted by molar-refractivity contribution is 5.56. The smallest absolute Gasteiger partial charge is 0.148 e. The average molecular weight is 335 g/mol. The third-order valence-electron chi connectivity index (χ3n) is 5.19. The zero-order valence-corrected chi connectivity index (χ0v) is 14.8. The zero-order valence-electron chi connectivity index (χ0n) is 14.8. The Balaban J connectivity index is 1.58. The zero-order chi connectivity index (χ0) is 17.1. The number of halogens is 1. The molecule has 0 radical (unpaired) electrons. The minimum absolute atomic E-state index is 0.128. The molecule has 3 N–H and O–H groups in total. The summed E-state index contributed by atoms with van der Waals surface area (Å²) in [6.07, 6.45) is 4.80. The number of rotatable bonds is 4. The Morgan fingerprint density at radius 2 is 1.83 bits per heavy atom. The second-order valence-electron chi connectivity index (χ2n) is 7.49. The predicted octanol–water partition coefficient (Wildman–Crippen LogP) is 3.37. The molecule has 0 amide bonds. The third kappa shape index (κ3) is 4.39. The van der Waals surface area contributed by atoms with Crippen molar-refractivity contribution < 1.29 is 9.13 Å². The molecule has 134 valence electrons. The minimum Gasteiger partial charge on any atom is -0.385 e. The number of morpholine rings is 1.